The van der Waals surface area contributed by atoms with E-state index in [1.54, 1.807) is 0 Å². The lowest BCUT2D eigenvalue weighted by molar-refractivity contribution is 0.132. The van der Waals surface area contributed by atoms with Crippen molar-refractivity contribution in [2.24, 2.45) is 0 Å². The van der Waals surface area contributed by atoms with Gasteiger partial charge in [0.1, 0.15) is 0 Å². The molecule has 0 rings (SSSR count). The van der Waals surface area contributed by atoms with Gasteiger partial charge in [-0.2, -0.15) is 0 Å². The standard InChI is InChI=1S/C14H29NO/c1-4-6-8-10-14(3)15-11-13-16-12-9-7-5-2/h5,14-15H,2,4,6-13H2,1,3H3. The van der Waals surface area contributed by atoms with Gasteiger partial charge in [-0.3, -0.25) is 0 Å². The molecule has 0 aromatic heterocycles. The summed E-state index contributed by atoms with van der Waals surface area (Å²) in [6, 6.07) is 0.628. The summed E-state index contributed by atoms with van der Waals surface area (Å²) in [6.45, 7) is 10.8. The first-order chi connectivity index (χ1) is 7.81. The second-order valence-corrected chi connectivity index (χ2v) is 4.39. The van der Waals surface area contributed by atoms with Crippen molar-refractivity contribution in [3.8, 4) is 0 Å². The van der Waals surface area contributed by atoms with Crippen molar-refractivity contribution in [3.63, 3.8) is 0 Å². The lowest BCUT2D eigenvalue weighted by Crippen LogP contribution is -2.29. The molecule has 1 atom stereocenters. The van der Waals surface area contributed by atoms with Crippen LogP contribution in [0.1, 0.15) is 52.4 Å². The second-order valence-electron chi connectivity index (χ2n) is 4.39. The average molecular weight is 227 g/mol. The molecule has 0 saturated heterocycles. The van der Waals surface area contributed by atoms with Gasteiger partial charge in [-0.1, -0.05) is 32.3 Å². The summed E-state index contributed by atoms with van der Waals surface area (Å²) in [5.41, 5.74) is 0. The number of allylic oxidation sites excluding steroid dienone is 1. The zero-order chi connectivity index (χ0) is 12.1. The number of nitrogens with one attached hydrogen (secondary N) is 1. The highest BCUT2D eigenvalue weighted by Gasteiger charge is 1.99. The SMILES string of the molecule is C=CCCCOCCNC(C)CCCCC. The third kappa shape index (κ3) is 11.7. The third-order valence-electron chi connectivity index (χ3n) is 2.68. The minimum atomic E-state index is 0.628. The molecule has 0 fully saturated rings. The van der Waals surface area contributed by atoms with Crippen molar-refractivity contribution in [2.45, 2.75) is 58.4 Å². The summed E-state index contributed by atoms with van der Waals surface area (Å²) in [6.07, 6.45) is 9.37. The van der Waals surface area contributed by atoms with Gasteiger partial charge in [0.05, 0.1) is 6.61 Å². The summed E-state index contributed by atoms with van der Waals surface area (Å²) < 4.78 is 5.50. The summed E-state index contributed by atoms with van der Waals surface area (Å²) in [5, 5.41) is 3.49. The molecule has 0 aromatic rings. The van der Waals surface area contributed by atoms with Crippen LogP contribution in [-0.2, 0) is 4.74 Å². The Morgan fingerprint density at radius 3 is 2.75 bits per heavy atom. The Hall–Kier alpha value is -0.340. The van der Waals surface area contributed by atoms with Crippen LogP contribution in [0.3, 0.4) is 0 Å². The fourth-order valence-electron chi connectivity index (χ4n) is 1.61. The molecule has 0 aliphatic heterocycles. The minimum absolute atomic E-state index is 0.628. The van der Waals surface area contributed by atoms with Crippen LogP contribution in [0, 0.1) is 0 Å². The smallest absolute Gasteiger partial charge is 0.0591 e. The molecule has 2 heteroatoms. The summed E-state index contributed by atoms with van der Waals surface area (Å²) in [5.74, 6) is 0. The molecule has 0 spiro atoms. The summed E-state index contributed by atoms with van der Waals surface area (Å²) in [7, 11) is 0. The molecule has 96 valence electrons. The van der Waals surface area contributed by atoms with Crippen LogP contribution in [0.4, 0.5) is 0 Å². The van der Waals surface area contributed by atoms with Gasteiger partial charge in [0.2, 0.25) is 0 Å². The Bertz CT molecular complexity index is 148. The molecule has 1 N–H and O–H groups in total. The van der Waals surface area contributed by atoms with Crippen molar-refractivity contribution >= 4 is 0 Å². The second kappa shape index (κ2) is 12.7. The Balaban J connectivity index is 3.08. The van der Waals surface area contributed by atoms with E-state index in [9.17, 15) is 0 Å². The van der Waals surface area contributed by atoms with E-state index in [2.05, 4.69) is 25.7 Å². The fourth-order valence-corrected chi connectivity index (χ4v) is 1.61. The maximum absolute atomic E-state index is 5.50. The quantitative estimate of drug-likeness (QED) is 0.407. The van der Waals surface area contributed by atoms with Crippen LogP contribution in [0.5, 0.6) is 0 Å². The molecule has 1 unspecified atom stereocenters. The van der Waals surface area contributed by atoms with Gasteiger partial charge in [0.15, 0.2) is 0 Å². The Labute approximate surface area is 101 Å². The zero-order valence-electron chi connectivity index (χ0n) is 11.1. The largest absolute Gasteiger partial charge is 0.380 e. The highest BCUT2D eigenvalue weighted by atomic mass is 16.5. The van der Waals surface area contributed by atoms with Crippen molar-refractivity contribution in [3.05, 3.63) is 12.7 Å². The highest BCUT2D eigenvalue weighted by molar-refractivity contribution is 4.65. The zero-order valence-corrected chi connectivity index (χ0v) is 11.1. The lowest BCUT2D eigenvalue weighted by Gasteiger charge is -2.13. The van der Waals surface area contributed by atoms with E-state index >= 15 is 0 Å². The first-order valence-corrected chi connectivity index (χ1v) is 6.73. The molecule has 0 aliphatic carbocycles. The van der Waals surface area contributed by atoms with Crippen molar-refractivity contribution < 1.29 is 4.74 Å². The monoisotopic (exact) mass is 227 g/mol. The Morgan fingerprint density at radius 2 is 2.06 bits per heavy atom. The summed E-state index contributed by atoms with van der Waals surface area (Å²) in [4.78, 5) is 0. The molecule has 0 heterocycles. The predicted octanol–water partition coefficient (Wildman–Crippen LogP) is 3.53. The van der Waals surface area contributed by atoms with Gasteiger partial charge >= 0.3 is 0 Å². The van der Waals surface area contributed by atoms with E-state index in [0.717, 1.165) is 32.6 Å². The van der Waals surface area contributed by atoms with Crippen molar-refractivity contribution in [1.29, 1.82) is 0 Å². The molecule has 16 heavy (non-hydrogen) atoms. The Morgan fingerprint density at radius 1 is 1.25 bits per heavy atom. The number of hydrogen-bond donors (Lipinski definition) is 1. The lowest BCUT2D eigenvalue weighted by atomic mass is 10.1. The molecular formula is C14H29NO. The van der Waals surface area contributed by atoms with Crippen LogP contribution >= 0.6 is 0 Å². The number of unbranched alkanes of at least 4 members (excludes halogenated alkanes) is 3. The van der Waals surface area contributed by atoms with Crippen LogP contribution in [0.15, 0.2) is 12.7 Å². The van der Waals surface area contributed by atoms with Crippen LogP contribution in [0.2, 0.25) is 0 Å². The average Bonchev–Trinajstić information content (AvgIpc) is 2.28. The number of hydrogen-bond acceptors (Lipinski definition) is 2. The first-order valence-electron chi connectivity index (χ1n) is 6.73. The van der Waals surface area contributed by atoms with E-state index < -0.39 is 0 Å². The van der Waals surface area contributed by atoms with Gasteiger partial charge in [-0.15, -0.1) is 6.58 Å². The molecule has 0 aromatic carbocycles. The van der Waals surface area contributed by atoms with Crippen molar-refractivity contribution in [2.75, 3.05) is 19.8 Å². The van der Waals surface area contributed by atoms with Gasteiger partial charge in [-0.05, 0) is 26.2 Å². The van der Waals surface area contributed by atoms with Gasteiger partial charge < -0.3 is 10.1 Å². The topological polar surface area (TPSA) is 21.3 Å². The molecular weight excluding hydrogens is 198 g/mol. The van der Waals surface area contributed by atoms with E-state index in [0.29, 0.717) is 6.04 Å². The molecule has 0 aliphatic rings. The first kappa shape index (κ1) is 15.7. The van der Waals surface area contributed by atoms with Crippen LogP contribution in [0.25, 0.3) is 0 Å². The van der Waals surface area contributed by atoms with Crippen LogP contribution in [-0.4, -0.2) is 25.8 Å². The third-order valence-corrected chi connectivity index (χ3v) is 2.68. The van der Waals surface area contributed by atoms with E-state index in [1.807, 2.05) is 6.08 Å². The summed E-state index contributed by atoms with van der Waals surface area (Å²) >= 11 is 0. The van der Waals surface area contributed by atoms with Gasteiger partial charge in [-0.25, -0.2) is 0 Å². The van der Waals surface area contributed by atoms with Crippen molar-refractivity contribution in [1.82, 2.24) is 5.32 Å². The highest BCUT2D eigenvalue weighted by Crippen LogP contribution is 2.02. The maximum Gasteiger partial charge on any atom is 0.0591 e. The predicted molar refractivity (Wildman–Crippen MR) is 71.9 cm³/mol. The van der Waals surface area contributed by atoms with Gasteiger partial charge in [0, 0.05) is 19.2 Å². The van der Waals surface area contributed by atoms with E-state index in [-0.39, 0.29) is 0 Å². The molecule has 0 bridgehead atoms. The normalized spacial score (nSPS) is 12.6. The van der Waals surface area contributed by atoms with Crippen LogP contribution < -0.4 is 5.32 Å². The molecule has 0 saturated carbocycles. The van der Waals surface area contributed by atoms with Gasteiger partial charge in [0.25, 0.3) is 0 Å². The maximum atomic E-state index is 5.50. The number of ether oxygens (including phenoxy) is 1. The molecule has 0 radical (unpaired) electrons. The molecule has 2 nitrogen and oxygen atoms in total. The minimum Gasteiger partial charge on any atom is -0.380 e. The number of rotatable bonds is 12. The molecule has 0 amide bonds. The van der Waals surface area contributed by atoms with E-state index in [4.69, 9.17) is 4.74 Å². The fraction of sp³-hybridized carbons (Fsp3) is 0.857. The Kier molecular flexibility index (Phi) is 12.5. The van der Waals surface area contributed by atoms with E-state index in [1.165, 1.54) is 25.7 Å².